The summed E-state index contributed by atoms with van der Waals surface area (Å²) in [4.78, 5) is 19.8. The summed E-state index contributed by atoms with van der Waals surface area (Å²) in [6.07, 6.45) is 10.0. The van der Waals surface area contributed by atoms with Crippen LogP contribution in [0.4, 0.5) is 4.39 Å². The van der Waals surface area contributed by atoms with Gasteiger partial charge in [0.25, 0.3) is 5.96 Å². The molecule has 4 heterocycles. The van der Waals surface area contributed by atoms with Gasteiger partial charge in [0, 0.05) is 52.0 Å². The molecule has 11 heteroatoms. The molecular formula is C28H40FN9O. The molecule has 3 aliphatic rings. The predicted molar refractivity (Wildman–Crippen MR) is 155 cm³/mol. The molecule has 1 aromatic heterocycles. The van der Waals surface area contributed by atoms with Gasteiger partial charge in [-0.2, -0.15) is 15.2 Å². The average Bonchev–Trinajstić information content (AvgIpc) is 3.15. The number of amidine groups is 1. The molecule has 0 atom stereocenters. The number of hydrogen-bond donors (Lipinski definition) is 1. The number of hydrazone groups is 1. The normalized spacial score (nSPS) is 20.5. The Morgan fingerprint density at radius 1 is 1.18 bits per heavy atom. The molecule has 2 fully saturated rings. The van der Waals surface area contributed by atoms with Crippen molar-refractivity contribution in [2.75, 3.05) is 72.6 Å². The quantitative estimate of drug-likeness (QED) is 0.247. The molecule has 0 radical (unpaired) electrons. The highest BCUT2D eigenvalue weighted by atomic mass is 19.1. The maximum Gasteiger partial charge on any atom is 0.259 e. The molecule has 10 nitrogen and oxygen atoms in total. The molecule has 3 aliphatic heterocycles. The second-order valence-corrected chi connectivity index (χ2v) is 9.92. The van der Waals surface area contributed by atoms with Crippen LogP contribution in [0.2, 0.25) is 0 Å². The van der Waals surface area contributed by atoms with Crippen molar-refractivity contribution in [3.05, 3.63) is 59.2 Å². The lowest BCUT2D eigenvalue weighted by molar-refractivity contribution is 0.0677. The number of nitrogens with zero attached hydrogens (tertiary/aromatic N) is 8. The molecule has 0 amide bonds. The summed E-state index contributed by atoms with van der Waals surface area (Å²) in [7, 11) is 2.18. The van der Waals surface area contributed by atoms with Gasteiger partial charge in [-0.05, 0) is 49.7 Å². The third-order valence-electron chi connectivity index (χ3n) is 6.92. The molecule has 0 unspecified atom stereocenters. The monoisotopic (exact) mass is 537 g/mol. The number of piperazine rings is 1. The van der Waals surface area contributed by atoms with Crippen LogP contribution in [0.25, 0.3) is 5.57 Å². The van der Waals surface area contributed by atoms with E-state index in [-0.39, 0.29) is 18.3 Å². The highest BCUT2D eigenvalue weighted by Crippen LogP contribution is 2.19. The summed E-state index contributed by atoms with van der Waals surface area (Å²) in [5.74, 6) is 6.06. The van der Waals surface area contributed by atoms with Gasteiger partial charge in [0.1, 0.15) is 0 Å². The Hall–Kier alpha value is -3.25. The zero-order chi connectivity index (χ0) is 27.6. The standard InChI is InChI=1S/C28H40FN9O/c1-4-23(6-5-22(2)21-36-13-11-35(3)12-14-36)24-7-9-31-25(19-24)20-33-38(30)28-32-10-8-26(29)27(34-28)37-15-17-39-18-16-37/h5-9,19-20H,4,10-18,21,30H2,1-3H3/b22-5+,23-6+,33-20+. The number of allylic oxidation sites excluding steroid dienone is 3. The van der Waals surface area contributed by atoms with Crippen molar-refractivity contribution in [1.29, 1.82) is 0 Å². The molecule has 0 aromatic carbocycles. The number of nitrogens with two attached hydrogens (primary N) is 1. The number of aromatic nitrogens is 1. The van der Waals surface area contributed by atoms with Crippen molar-refractivity contribution >= 4 is 23.6 Å². The van der Waals surface area contributed by atoms with Crippen molar-refractivity contribution < 1.29 is 9.13 Å². The van der Waals surface area contributed by atoms with E-state index in [0.29, 0.717) is 32.0 Å². The van der Waals surface area contributed by atoms with Crippen LogP contribution in [0.3, 0.4) is 0 Å². The molecule has 0 aliphatic carbocycles. The first-order chi connectivity index (χ1) is 18.9. The molecule has 0 saturated carbocycles. The first kappa shape index (κ1) is 28.8. The van der Waals surface area contributed by atoms with Gasteiger partial charge in [-0.25, -0.2) is 15.2 Å². The fourth-order valence-corrected chi connectivity index (χ4v) is 4.57. The molecule has 1 aromatic rings. The van der Waals surface area contributed by atoms with Gasteiger partial charge < -0.3 is 14.5 Å². The van der Waals surface area contributed by atoms with Crippen LogP contribution in [0.1, 0.15) is 31.5 Å². The number of pyridine rings is 1. The number of halogens is 1. The van der Waals surface area contributed by atoms with Gasteiger partial charge in [0.2, 0.25) is 0 Å². The van der Waals surface area contributed by atoms with E-state index < -0.39 is 5.83 Å². The van der Waals surface area contributed by atoms with E-state index in [1.807, 2.05) is 17.0 Å². The summed E-state index contributed by atoms with van der Waals surface area (Å²) in [6, 6.07) is 3.98. The van der Waals surface area contributed by atoms with Crippen LogP contribution >= 0.6 is 0 Å². The lowest BCUT2D eigenvalue weighted by Gasteiger charge is -2.32. The topological polar surface area (TPSA) is 98.2 Å². The van der Waals surface area contributed by atoms with Gasteiger partial charge in [-0.15, -0.1) is 0 Å². The van der Waals surface area contributed by atoms with Gasteiger partial charge in [-0.1, -0.05) is 24.6 Å². The van der Waals surface area contributed by atoms with Crippen molar-refractivity contribution in [3.8, 4) is 0 Å². The van der Waals surface area contributed by atoms with Gasteiger partial charge >= 0.3 is 0 Å². The van der Waals surface area contributed by atoms with Crippen LogP contribution in [-0.2, 0) is 4.74 Å². The molecule has 2 N–H and O–H groups in total. The molecule has 2 saturated heterocycles. The Balaban J connectivity index is 1.42. The SMILES string of the molecule is CC/C(=C\C=C(/C)CN1CCN(C)CC1)c1ccnc(/C=N/N(N)C2=NCC=C(F)C(N3CCOCC3)=N2)c1. The van der Waals surface area contributed by atoms with Crippen molar-refractivity contribution in [3.63, 3.8) is 0 Å². The van der Waals surface area contributed by atoms with E-state index in [1.165, 1.54) is 17.2 Å². The predicted octanol–water partition coefficient (Wildman–Crippen LogP) is 2.53. The lowest BCUT2D eigenvalue weighted by atomic mass is 10.0. The Labute approximate surface area is 230 Å². The van der Waals surface area contributed by atoms with E-state index in [2.05, 4.69) is 62.9 Å². The Morgan fingerprint density at radius 2 is 1.95 bits per heavy atom. The number of hydrazine groups is 1. The van der Waals surface area contributed by atoms with Gasteiger partial charge in [-0.3, -0.25) is 9.88 Å². The minimum absolute atomic E-state index is 0.127. The average molecular weight is 538 g/mol. The Kier molecular flexibility index (Phi) is 10.5. The third kappa shape index (κ3) is 8.37. The van der Waals surface area contributed by atoms with E-state index in [9.17, 15) is 4.39 Å². The zero-order valence-corrected chi connectivity index (χ0v) is 23.3. The van der Waals surface area contributed by atoms with Gasteiger partial charge in [0.15, 0.2) is 11.7 Å². The maximum atomic E-state index is 14.6. The van der Waals surface area contributed by atoms with Crippen LogP contribution in [0, 0.1) is 0 Å². The summed E-state index contributed by atoms with van der Waals surface area (Å²) in [6.45, 7) is 12.0. The molecular weight excluding hydrogens is 497 g/mol. The van der Waals surface area contributed by atoms with Gasteiger partial charge in [0.05, 0.1) is 31.7 Å². The van der Waals surface area contributed by atoms with Crippen LogP contribution < -0.4 is 5.84 Å². The zero-order valence-electron chi connectivity index (χ0n) is 23.3. The molecule has 39 heavy (non-hydrogen) atoms. The van der Waals surface area contributed by atoms with Crippen LogP contribution in [0.5, 0.6) is 0 Å². The fourth-order valence-electron chi connectivity index (χ4n) is 4.57. The second-order valence-electron chi connectivity index (χ2n) is 9.92. The van der Waals surface area contributed by atoms with Crippen LogP contribution in [0.15, 0.2) is 63.0 Å². The molecule has 4 rings (SSSR count). The fraction of sp³-hybridized carbons (Fsp3) is 0.500. The highest BCUT2D eigenvalue weighted by Gasteiger charge is 2.22. The number of morpholine rings is 1. The minimum Gasteiger partial charge on any atom is -0.378 e. The number of likely N-dealkylation sites (N-methyl/N-ethyl adjacent to an activating group) is 1. The summed E-state index contributed by atoms with van der Waals surface area (Å²) in [5, 5.41) is 5.35. The van der Waals surface area contributed by atoms with E-state index >= 15 is 0 Å². The second kappa shape index (κ2) is 14.2. The molecule has 210 valence electrons. The third-order valence-corrected chi connectivity index (χ3v) is 6.92. The summed E-state index contributed by atoms with van der Waals surface area (Å²) >= 11 is 0. The Bertz CT molecular complexity index is 1160. The van der Waals surface area contributed by atoms with E-state index in [4.69, 9.17) is 10.6 Å². The summed E-state index contributed by atoms with van der Waals surface area (Å²) in [5.41, 5.74) is 4.28. The number of aliphatic imine (C=N–C) groups is 2. The van der Waals surface area contributed by atoms with Crippen LogP contribution in [-0.4, -0.2) is 115 Å². The Morgan fingerprint density at radius 3 is 2.69 bits per heavy atom. The smallest absolute Gasteiger partial charge is 0.259 e. The number of rotatable bonds is 7. The highest BCUT2D eigenvalue weighted by molar-refractivity contribution is 6.04. The van der Waals surface area contributed by atoms with Crippen molar-refractivity contribution in [2.45, 2.75) is 20.3 Å². The van der Waals surface area contributed by atoms with E-state index in [0.717, 1.165) is 49.8 Å². The first-order valence-electron chi connectivity index (χ1n) is 13.6. The summed E-state index contributed by atoms with van der Waals surface area (Å²) < 4.78 is 20.0. The maximum absolute atomic E-state index is 14.6. The first-order valence-corrected chi connectivity index (χ1v) is 13.6. The van der Waals surface area contributed by atoms with Crippen molar-refractivity contribution in [2.24, 2.45) is 20.9 Å². The van der Waals surface area contributed by atoms with E-state index in [1.54, 1.807) is 12.4 Å². The number of hydrogen-bond acceptors (Lipinski definition) is 10. The number of ether oxygens (including phenoxy) is 1. The molecule has 0 spiro atoms. The minimum atomic E-state index is -0.422. The lowest BCUT2D eigenvalue weighted by Crippen LogP contribution is -2.44. The molecule has 0 bridgehead atoms. The largest absolute Gasteiger partial charge is 0.378 e. The number of guanidine groups is 1. The van der Waals surface area contributed by atoms with Crippen molar-refractivity contribution in [1.82, 2.24) is 24.8 Å².